The molecule has 1 aliphatic heterocycles. The highest BCUT2D eigenvalue weighted by molar-refractivity contribution is 6.00. The van der Waals surface area contributed by atoms with Gasteiger partial charge in [0.15, 0.2) is 24.2 Å². The lowest BCUT2D eigenvalue weighted by Crippen LogP contribution is -2.64. The fourth-order valence-electron chi connectivity index (χ4n) is 11.6. The topological polar surface area (TPSA) is 542 Å². The second-order valence-corrected chi connectivity index (χ2v) is 28.2. The molecular formula is C70H109N15O19. The smallest absolute Gasteiger partial charge is 0.408 e. The van der Waals surface area contributed by atoms with Gasteiger partial charge in [-0.25, -0.2) is 9.59 Å². The Kier molecular flexibility index (Phi) is 35.3. The monoisotopic (exact) mass is 1460 g/mol. The van der Waals surface area contributed by atoms with E-state index >= 15 is 14.4 Å². The Labute approximate surface area is 605 Å². The highest BCUT2D eigenvalue weighted by Gasteiger charge is 2.44. The number of primary amides is 1. The lowest BCUT2D eigenvalue weighted by atomic mass is 9.84. The van der Waals surface area contributed by atoms with Crippen LogP contribution < -0.4 is 75.3 Å². The van der Waals surface area contributed by atoms with E-state index in [-0.39, 0.29) is 63.0 Å². The molecule has 2 aromatic carbocycles. The molecule has 34 heteroatoms. The Morgan fingerprint density at radius 3 is 1.79 bits per heavy atom. The van der Waals surface area contributed by atoms with Crippen LogP contribution >= 0.6 is 0 Å². The lowest BCUT2D eigenvalue weighted by molar-refractivity contribution is -0.159. The van der Waals surface area contributed by atoms with Crippen LogP contribution in [0.3, 0.4) is 0 Å². The number of cyclic esters (lactones) is 1. The second-order valence-electron chi connectivity index (χ2n) is 28.2. The number of rotatable bonds is 25. The van der Waals surface area contributed by atoms with Crippen molar-refractivity contribution in [1.82, 2.24) is 63.8 Å². The summed E-state index contributed by atoms with van der Waals surface area (Å²) < 4.78 is 11.6. The molecule has 2 aromatic rings. The van der Waals surface area contributed by atoms with E-state index in [0.717, 1.165) is 39.0 Å². The number of benzene rings is 2. The summed E-state index contributed by atoms with van der Waals surface area (Å²) in [6.07, 6.45) is -5.20. The van der Waals surface area contributed by atoms with Crippen molar-refractivity contribution in [3.05, 3.63) is 71.8 Å². The molecule has 0 radical (unpaired) electrons. The summed E-state index contributed by atoms with van der Waals surface area (Å²) in [5, 5.41) is 82.0. The molecule has 2 aliphatic rings. The number of esters is 1. The summed E-state index contributed by atoms with van der Waals surface area (Å²) in [4.78, 5) is 188. The average Bonchev–Trinajstić information content (AvgIpc) is 0.823. The van der Waals surface area contributed by atoms with Crippen LogP contribution in [0, 0.1) is 29.1 Å². The minimum absolute atomic E-state index is 0.00137. The molecule has 15 atom stereocenters. The number of nitrogens with one attached hydrogen (secondary N) is 13. The zero-order valence-electron chi connectivity index (χ0n) is 60.8. The minimum atomic E-state index is -2.61. The Bertz CT molecular complexity index is 3240. The Hall–Kier alpha value is -9.54. The number of aliphatic hydroxyl groups is 4. The van der Waals surface area contributed by atoms with Crippen LogP contribution in [0.2, 0.25) is 0 Å². The van der Waals surface area contributed by atoms with Crippen molar-refractivity contribution in [3.63, 3.8) is 0 Å². The molecule has 34 nitrogen and oxygen atoms in total. The van der Waals surface area contributed by atoms with Gasteiger partial charge in [0.05, 0.1) is 25.4 Å². The molecule has 1 saturated carbocycles. The third-order valence-electron chi connectivity index (χ3n) is 17.6. The molecule has 4 rings (SSSR count). The molecule has 104 heavy (non-hydrogen) atoms. The van der Waals surface area contributed by atoms with Crippen molar-refractivity contribution >= 4 is 83.0 Å². The molecule has 2 fully saturated rings. The van der Waals surface area contributed by atoms with Crippen molar-refractivity contribution < 1.29 is 92.2 Å². The highest BCUT2D eigenvalue weighted by atomic mass is 16.6. The van der Waals surface area contributed by atoms with Crippen LogP contribution in [0.5, 0.6) is 0 Å². The van der Waals surface area contributed by atoms with Gasteiger partial charge < -0.3 is 105 Å². The van der Waals surface area contributed by atoms with E-state index in [9.17, 15) is 68.4 Å². The number of aryl methyl sites for hydroxylation is 1. The number of nitrogens with two attached hydrogens (primary N) is 2. The summed E-state index contributed by atoms with van der Waals surface area (Å²) in [5.41, 5.74) is 10.5. The van der Waals surface area contributed by atoms with Crippen LogP contribution in [-0.4, -0.2) is 207 Å². The number of hydrogen-bond donors (Lipinski definition) is 19. The SMILES string of the molecule is CC[C@H](C)[C@@H]1NC(=O)[C@@H](CCCNC(=N)N)NC(=O)[C@H](CC(C)C)NC(=O)[C@H]([C@H](O)C(C)C)NC(=O)[C@@H](NC(=O)[C@H](CCc2ccccc2)NC(=O)[C@H](CC2CCCCC2)NC(=O)OC(C)(C)C)[C@@H](c2ccccc2)OC(=O)[C@H](CO)NC(=O)[C@H]([C@H](O)C(N)=O)NC(=O)CNC(=O)[C@H]([C@H](C)O)NC1=O. The lowest BCUT2D eigenvalue weighted by Gasteiger charge is -2.34. The van der Waals surface area contributed by atoms with Gasteiger partial charge in [0.25, 0.3) is 0 Å². The quantitative estimate of drug-likeness (QED) is 0.0218. The van der Waals surface area contributed by atoms with Gasteiger partial charge >= 0.3 is 12.1 Å². The fraction of sp³-hybridized carbons (Fsp3) is 0.629. The van der Waals surface area contributed by atoms with Gasteiger partial charge in [0, 0.05) is 6.54 Å². The zero-order valence-corrected chi connectivity index (χ0v) is 60.8. The number of guanidine groups is 1. The van der Waals surface area contributed by atoms with Crippen molar-refractivity contribution in [1.29, 1.82) is 5.41 Å². The number of aliphatic hydroxyl groups excluding tert-OH is 4. The maximum Gasteiger partial charge on any atom is 0.408 e. The molecule has 1 saturated heterocycles. The zero-order chi connectivity index (χ0) is 77.7. The second kappa shape index (κ2) is 42.3. The molecule has 578 valence electrons. The van der Waals surface area contributed by atoms with E-state index in [0.29, 0.717) is 5.56 Å². The summed E-state index contributed by atoms with van der Waals surface area (Å²) in [7, 11) is 0. The predicted molar refractivity (Wildman–Crippen MR) is 378 cm³/mol. The number of carbonyl (C=O) groups excluding carboxylic acids is 13. The van der Waals surface area contributed by atoms with E-state index in [1.54, 1.807) is 78.8 Å². The normalized spacial score (nSPS) is 24.0. The number of ether oxygens (including phenoxy) is 2. The average molecular weight is 1460 g/mol. The van der Waals surface area contributed by atoms with Gasteiger partial charge in [0.2, 0.25) is 65.0 Å². The van der Waals surface area contributed by atoms with Gasteiger partial charge in [-0.15, -0.1) is 0 Å². The standard InChI is InChI=1S/C70H109N15O19/c1-11-38(6)49-63(97)83-50(39(7)87)62(96)75-34-48(88)81-52(55(90)57(71)91)65(99)79-47(35-86)67(101)103-56(42-26-19-14-20-27-42)53(66(100)84-51(54(89)37(4)5)64(98)78-45(32-36(2)3)60(94)76-43(58(92)82-49)28-21-31-74-68(72)73)85-59(93)44(30-29-40-22-15-12-16-23-40)77-61(95)46(33-41-24-17-13-18-25-41)80-69(102)104-70(8,9)10/h12,14-16,19-20,22-23,26-27,36-39,41,43-47,49-56,86-87,89-90H,11,13,17-18,21,24-25,28-35H2,1-10H3,(H2,71,91)(H,75,96)(H,76,94)(H,77,95)(H,78,98)(H,79,99)(H,80,102)(H,81,88)(H,82,92)(H,83,97)(H,84,100)(H,85,93)(H4,72,73,74)/t38-,39-,43+,44-,45-,46-,47-,49-,50-,51-,52-,53-,54+,55-,56+/m0/s1. The summed E-state index contributed by atoms with van der Waals surface area (Å²) in [5.74, 6) is -17.5. The fourth-order valence-corrected chi connectivity index (χ4v) is 11.6. The molecular weight excluding hydrogens is 1350 g/mol. The molecule has 0 spiro atoms. The maximum absolute atomic E-state index is 15.8. The van der Waals surface area contributed by atoms with Crippen molar-refractivity contribution in [2.24, 2.45) is 35.1 Å². The van der Waals surface area contributed by atoms with Gasteiger partial charge in [-0.05, 0) is 101 Å². The third kappa shape index (κ3) is 28.6. The van der Waals surface area contributed by atoms with E-state index < -0.39 is 204 Å². The molecule has 0 bridgehead atoms. The molecule has 0 aromatic heterocycles. The van der Waals surface area contributed by atoms with E-state index in [1.165, 1.54) is 44.2 Å². The van der Waals surface area contributed by atoms with Crippen LogP contribution in [0.1, 0.15) is 157 Å². The molecule has 12 amide bonds. The number of carbonyl (C=O) groups is 13. The van der Waals surface area contributed by atoms with Gasteiger partial charge in [-0.1, -0.05) is 141 Å². The van der Waals surface area contributed by atoms with E-state index in [4.69, 9.17) is 26.4 Å². The van der Waals surface area contributed by atoms with E-state index in [1.807, 2.05) is 5.32 Å². The minimum Gasteiger partial charge on any atom is -0.453 e. The summed E-state index contributed by atoms with van der Waals surface area (Å²) in [6.45, 7) is 13.1. The molecule has 1 heterocycles. The Morgan fingerprint density at radius 1 is 0.654 bits per heavy atom. The van der Waals surface area contributed by atoms with Crippen LogP contribution in [0.4, 0.5) is 4.79 Å². The van der Waals surface area contributed by atoms with Gasteiger partial charge in [0.1, 0.15) is 60.0 Å². The van der Waals surface area contributed by atoms with Gasteiger partial charge in [-0.3, -0.25) is 58.1 Å². The molecule has 0 unspecified atom stereocenters. The maximum atomic E-state index is 15.8. The summed E-state index contributed by atoms with van der Waals surface area (Å²) in [6, 6.07) is -2.76. The third-order valence-corrected chi connectivity index (χ3v) is 17.6. The largest absolute Gasteiger partial charge is 0.453 e. The predicted octanol–water partition coefficient (Wildman–Crippen LogP) is -2.15. The van der Waals surface area contributed by atoms with Crippen LogP contribution in [-0.2, 0) is 73.4 Å². The first-order valence-electron chi connectivity index (χ1n) is 35.3. The molecule has 21 N–H and O–H groups in total. The van der Waals surface area contributed by atoms with Crippen molar-refractivity contribution in [2.75, 3.05) is 19.7 Å². The van der Waals surface area contributed by atoms with Crippen LogP contribution in [0.25, 0.3) is 0 Å². The Balaban J connectivity index is 2.03. The number of hydrogen-bond acceptors (Lipinski definition) is 20. The number of alkyl carbamates (subject to hydrolysis) is 1. The Morgan fingerprint density at radius 2 is 1.22 bits per heavy atom. The number of amides is 12. The summed E-state index contributed by atoms with van der Waals surface area (Å²) >= 11 is 0. The van der Waals surface area contributed by atoms with E-state index in [2.05, 4.69) is 58.5 Å². The first-order chi connectivity index (χ1) is 48.9. The van der Waals surface area contributed by atoms with Crippen molar-refractivity contribution in [2.45, 2.75) is 237 Å². The van der Waals surface area contributed by atoms with Crippen molar-refractivity contribution in [3.8, 4) is 0 Å². The van der Waals surface area contributed by atoms with Crippen LogP contribution in [0.15, 0.2) is 60.7 Å². The first-order valence-corrected chi connectivity index (χ1v) is 35.3. The molecule has 1 aliphatic carbocycles. The van der Waals surface area contributed by atoms with Gasteiger partial charge in [-0.2, -0.15) is 0 Å². The highest BCUT2D eigenvalue weighted by Crippen LogP contribution is 2.29. The first kappa shape index (κ1) is 86.9.